The fourth-order valence-corrected chi connectivity index (χ4v) is 4.77. The van der Waals surface area contributed by atoms with Crippen molar-refractivity contribution in [1.82, 2.24) is 20.1 Å². The molecule has 1 aromatic carbocycles. The predicted molar refractivity (Wildman–Crippen MR) is 129 cm³/mol. The number of nitrogens with zero attached hydrogens (tertiary/aromatic N) is 3. The zero-order valence-corrected chi connectivity index (χ0v) is 19.2. The van der Waals surface area contributed by atoms with Gasteiger partial charge in [0.15, 0.2) is 5.11 Å². The lowest BCUT2D eigenvalue weighted by Gasteiger charge is -2.31. The van der Waals surface area contributed by atoms with Gasteiger partial charge in [-0.05, 0) is 60.7 Å². The average Bonchev–Trinajstić information content (AvgIpc) is 3.44. The first-order chi connectivity index (χ1) is 15.7. The minimum atomic E-state index is -0.0855. The molecule has 0 amide bonds. The quantitative estimate of drug-likeness (QED) is 0.541. The molecular formula is C24H25ClN4O2S. The minimum Gasteiger partial charge on any atom is -0.459 e. The van der Waals surface area contributed by atoms with E-state index >= 15 is 0 Å². The number of ether oxygens (including phenoxy) is 1. The van der Waals surface area contributed by atoms with Crippen LogP contribution in [0, 0.1) is 0 Å². The van der Waals surface area contributed by atoms with E-state index < -0.39 is 0 Å². The Labute approximate surface area is 198 Å². The van der Waals surface area contributed by atoms with Gasteiger partial charge in [0.2, 0.25) is 0 Å². The van der Waals surface area contributed by atoms with Gasteiger partial charge >= 0.3 is 0 Å². The Bertz CT molecular complexity index is 1050. The normalized spacial score (nSPS) is 21.7. The number of pyridine rings is 1. The summed E-state index contributed by atoms with van der Waals surface area (Å²) in [5, 5.41) is 4.92. The molecule has 0 unspecified atom stereocenters. The highest BCUT2D eigenvalue weighted by Gasteiger charge is 2.41. The van der Waals surface area contributed by atoms with Crippen LogP contribution in [0.2, 0.25) is 5.02 Å². The maximum atomic E-state index is 6.37. The van der Waals surface area contributed by atoms with Crippen molar-refractivity contribution in [1.29, 1.82) is 0 Å². The molecule has 0 saturated carbocycles. The van der Waals surface area contributed by atoms with Crippen molar-refractivity contribution in [2.24, 2.45) is 0 Å². The summed E-state index contributed by atoms with van der Waals surface area (Å²) in [6.45, 7) is 5.18. The van der Waals surface area contributed by atoms with Crippen LogP contribution in [0.25, 0.3) is 11.3 Å². The Balaban J connectivity index is 1.43. The zero-order chi connectivity index (χ0) is 21.9. The van der Waals surface area contributed by atoms with Crippen LogP contribution in [0.3, 0.4) is 0 Å². The van der Waals surface area contributed by atoms with Gasteiger partial charge in [-0.3, -0.25) is 9.88 Å². The molecule has 2 aromatic heterocycles. The third kappa shape index (κ3) is 4.52. The van der Waals surface area contributed by atoms with Gasteiger partial charge in [-0.1, -0.05) is 17.7 Å². The number of hydrogen-bond donors (Lipinski definition) is 1. The number of hydrogen-bond acceptors (Lipinski definition) is 5. The summed E-state index contributed by atoms with van der Waals surface area (Å²) in [7, 11) is 0. The molecule has 2 aliphatic heterocycles. The molecule has 0 spiro atoms. The number of rotatable bonds is 6. The summed E-state index contributed by atoms with van der Waals surface area (Å²) >= 11 is 11.8. The van der Waals surface area contributed by atoms with Crippen molar-refractivity contribution in [2.45, 2.75) is 12.1 Å². The van der Waals surface area contributed by atoms with Crippen LogP contribution in [0.4, 0.5) is 0 Å². The number of nitrogens with one attached hydrogen (secondary N) is 1. The van der Waals surface area contributed by atoms with Gasteiger partial charge in [-0.25, -0.2) is 0 Å². The Morgan fingerprint density at radius 2 is 1.84 bits per heavy atom. The SMILES string of the molecule is S=C1N[C@H](c2ccccn2)[C@H](c2ccc(-c3ccc(Cl)cc3)o2)N1CCN1CCOCC1. The van der Waals surface area contributed by atoms with Crippen molar-refractivity contribution in [3.05, 3.63) is 77.3 Å². The lowest BCUT2D eigenvalue weighted by Crippen LogP contribution is -2.42. The van der Waals surface area contributed by atoms with E-state index in [-0.39, 0.29) is 12.1 Å². The molecule has 2 saturated heterocycles. The highest BCUT2D eigenvalue weighted by atomic mass is 35.5. The second-order valence-corrected chi connectivity index (χ2v) is 8.81. The molecule has 1 N–H and O–H groups in total. The molecule has 2 atom stereocenters. The third-order valence-electron chi connectivity index (χ3n) is 6.01. The van der Waals surface area contributed by atoms with E-state index in [9.17, 15) is 0 Å². The van der Waals surface area contributed by atoms with Crippen molar-refractivity contribution < 1.29 is 9.15 Å². The van der Waals surface area contributed by atoms with Crippen LogP contribution in [-0.2, 0) is 4.74 Å². The highest BCUT2D eigenvalue weighted by molar-refractivity contribution is 7.80. The summed E-state index contributed by atoms with van der Waals surface area (Å²) in [4.78, 5) is 9.24. The van der Waals surface area contributed by atoms with Crippen molar-refractivity contribution in [3.63, 3.8) is 0 Å². The molecule has 32 heavy (non-hydrogen) atoms. The molecule has 3 aromatic rings. The molecule has 0 aliphatic carbocycles. The Morgan fingerprint density at radius 1 is 1.03 bits per heavy atom. The summed E-state index contributed by atoms with van der Waals surface area (Å²) < 4.78 is 11.9. The maximum absolute atomic E-state index is 6.37. The van der Waals surface area contributed by atoms with Crippen LogP contribution in [-0.4, -0.2) is 59.3 Å². The van der Waals surface area contributed by atoms with Gasteiger partial charge in [0.25, 0.3) is 0 Å². The van der Waals surface area contributed by atoms with Crippen LogP contribution in [0.1, 0.15) is 23.5 Å². The molecule has 2 aliphatic rings. The summed E-state index contributed by atoms with van der Waals surface area (Å²) in [6.07, 6.45) is 1.81. The number of thiocarbonyl (C=S) groups is 1. The molecule has 6 nitrogen and oxygen atoms in total. The average molecular weight is 469 g/mol. The van der Waals surface area contributed by atoms with E-state index in [1.807, 2.05) is 60.8 Å². The smallest absolute Gasteiger partial charge is 0.170 e. The van der Waals surface area contributed by atoms with E-state index in [0.717, 1.165) is 67.3 Å². The van der Waals surface area contributed by atoms with Crippen LogP contribution in [0.15, 0.2) is 65.2 Å². The van der Waals surface area contributed by atoms with Gasteiger partial charge in [-0.2, -0.15) is 0 Å². The van der Waals surface area contributed by atoms with E-state index in [2.05, 4.69) is 20.1 Å². The van der Waals surface area contributed by atoms with Crippen molar-refractivity contribution >= 4 is 28.9 Å². The molecule has 0 radical (unpaired) electrons. The standard InChI is InChI=1S/C24H25ClN4O2S/c25-18-6-4-17(5-7-18)20-8-9-21(31-20)23-22(19-3-1-2-10-26-19)27-24(32)29(23)12-11-28-13-15-30-16-14-28/h1-10,22-23H,11-16H2,(H,27,32)/t22-,23+/m1/s1. The highest BCUT2D eigenvalue weighted by Crippen LogP contribution is 2.40. The zero-order valence-electron chi connectivity index (χ0n) is 17.6. The summed E-state index contributed by atoms with van der Waals surface area (Å²) in [5.74, 6) is 1.67. The predicted octanol–water partition coefficient (Wildman–Crippen LogP) is 4.30. The number of furan rings is 1. The maximum Gasteiger partial charge on any atom is 0.170 e. The van der Waals surface area contributed by atoms with Crippen LogP contribution < -0.4 is 5.32 Å². The summed E-state index contributed by atoms with van der Waals surface area (Å²) in [6, 6.07) is 17.5. The first kappa shape index (κ1) is 21.4. The van der Waals surface area contributed by atoms with Gasteiger partial charge in [0.1, 0.15) is 17.6 Å². The number of halogens is 1. The molecule has 8 heteroatoms. The summed E-state index contributed by atoms with van der Waals surface area (Å²) in [5.41, 5.74) is 1.93. The van der Waals surface area contributed by atoms with Crippen molar-refractivity contribution in [3.8, 4) is 11.3 Å². The number of benzene rings is 1. The van der Waals surface area contributed by atoms with E-state index in [0.29, 0.717) is 5.02 Å². The van der Waals surface area contributed by atoms with E-state index in [4.69, 9.17) is 33.0 Å². The van der Waals surface area contributed by atoms with E-state index in [1.54, 1.807) is 0 Å². The van der Waals surface area contributed by atoms with Gasteiger partial charge in [0.05, 0.1) is 24.9 Å². The first-order valence-electron chi connectivity index (χ1n) is 10.8. The number of morpholine rings is 1. The molecule has 0 bridgehead atoms. The second kappa shape index (κ2) is 9.58. The first-order valence-corrected chi connectivity index (χ1v) is 11.6. The lowest BCUT2D eigenvalue weighted by molar-refractivity contribution is 0.0347. The van der Waals surface area contributed by atoms with Gasteiger partial charge in [0, 0.05) is 43.0 Å². The second-order valence-electron chi connectivity index (χ2n) is 7.98. The van der Waals surface area contributed by atoms with Gasteiger partial charge < -0.3 is 19.4 Å². The Morgan fingerprint density at radius 3 is 2.59 bits per heavy atom. The van der Waals surface area contributed by atoms with Crippen LogP contribution >= 0.6 is 23.8 Å². The Hall–Kier alpha value is -2.45. The fraction of sp³-hybridized carbons (Fsp3) is 0.333. The van der Waals surface area contributed by atoms with Crippen LogP contribution in [0.5, 0.6) is 0 Å². The Kier molecular flexibility index (Phi) is 6.41. The molecule has 2 fully saturated rings. The largest absolute Gasteiger partial charge is 0.459 e. The topological polar surface area (TPSA) is 53.8 Å². The molecular weight excluding hydrogens is 444 g/mol. The third-order valence-corrected chi connectivity index (χ3v) is 6.61. The van der Waals surface area contributed by atoms with Crippen molar-refractivity contribution in [2.75, 3.05) is 39.4 Å². The molecule has 166 valence electrons. The minimum absolute atomic E-state index is 0.0838. The van der Waals surface area contributed by atoms with E-state index in [1.165, 1.54) is 0 Å². The van der Waals surface area contributed by atoms with Gasteiger partial charge in [-0.15, -0.1) is 0 Å². The molecule has 5 rings (SSSR count). The molecule has 4 heterocycles. The lowest BCUT2D eigenvalue weighted by atomic mass is 10.0. The monoisotopic (exact) mass is 468 g/mol. The fourth-order valence-electron chi connectivity index (χ4n) is 4.31. The number of aromatic nitrogens is 1.